The lowest BCUT2D eigenvalue weighted by Crippen LogP contribution is -2.37. The lowest BCUT2D eigenvalue weighted by Gasteiger charge is -2.09. The Morgan fingerprint density at radius 2 is 1.71 bits per heavy atom. The number of benzene rings is 1. The highest BCUT2D eigenvalue weighted by molar-refractivity contribution is 5.79. The molecule has 21 heavy (non-hydrogen) atoms. The molecule has 1 aromatic carbocycles. The molecule has 0 radical (unpaired) electrons. The van der Waals surface area contributed by atoms with E-state index in [4.69, 9.17) is 4.74 Å². The van der Waals surface area contributed by atoms with E-state index < -0.39 is 0 Å². The maximum atomic E-state index is 5.66. The van der Waals surface area contributed by atoms with E-state index in [1.165, 1.54) is 5.56 Å². The fourth-order valence-corrected chi connectivity index (χ4v) is 1.95. The van der Waals surface area contributed by atoms with E-state index in [0.717, 1.165) is 58.1 Å². The van der Waals surface area contributed by atoms with Gasteiger partial charge in [0.15, 0.2) is 5.96 Å². The molecule has 0 unspecified atom stereocenters. The van der Waals surface area contributed by atoms with Gasteiger partial charge in [-0.25, -0.2) is 0 Å². The van der Waals surface area contributed by atoms with Gasteiger partial charge in [0.1, 0.15) is 0 Å². The number of nitrogens with one attached hydrogen (secondary N) is 2. The van der Waals surface area contributed by atoms with Crippen molar-refractivity contribution in [2.24, 2.45) is 4.99 Å². The number of hydrogen-bond acceptors (Lipinski definition) is 2. The molecule has 0 aliphatic rings. The van der Waals surface area contributed by atoms with E-state index >= 15 is 0 Å². The van der Waals surface area contributed by atoms with E-state index in [0.29, 0.717) is 0 Å². The molecule has 4 heteroatoms. The van der Waals surface area contributed by atoms with Gasteiger partial charge in [-0.05, 0) is 38.7 Å². The second kappa shape index (κ2) is 12.2. The monoisotopic (exact) mass is 291 g/mol. The highest BCUT2D eigenvalue weighted by Crippen LogP contribution is 2.00. The first-order valence-electron chi connectivity index (χ1n) is 8.00. The van der Waals surface area contributed by atoms with Gasteiger partial charge in [0.2, 0.25) is 0 Å². The summed E-state index contributed by atoms with van der Waals surface area (Å²) in [4.78, 5) is 4.51. The molecule has 0 saturated carbocycles. The molecular formula is C17H29N3O. The van der Waals surface area contributed by atoms with Crippen molar-refractivity contribution in [2.45, 2.75) is 33.1 Å². The van der Waals surface area contributed by atoms with Crippen molar-refractivity contribution in [3.05, 3.63) is 35.9 Å². The molecule has 2 N–H and O–H groups in total. The topological polar surface area (TPSA) is 45.7 Å². The average Bonchev–Trinajstić information content (AvgIpc) is 2.51. The predicted octanol–water partition coefficient (Wildman–Crippen LogP) is 2.60. The number of unbranched alkanes of at least 4 members (excludes halogenated alkanes) is 1. The van der Waals surface area contributed by atoms with Gasteiger partial charge in [-0.15, -0.1) is 0 Å². The van der Waals surface area contributed by atoms with Crippen molar-refractivity contribution in [3.8, 4) is 0 Å². The van der Waals surface area contributed by atoms with Gasteiger partial charge in [-0.2, -0.15) is 0 Å². The minimum atomic E-state index is 0.799. The van der Waals surface area contributed by atoms with Crippen molar-refractivity contribution in [2.75, 3.05) is 32.8 Å². The minimum Gasteiger partial charge on any atom is -0.381 e. The van der Waals surface area contributed by atoms with Crippen LogP contribution in [0.25, 0.3) is 0 Å². The van der Waals surface area contributed by atoms with E-state index in [1.807, 2.05) is 6.07 Å². The normalized spacial score (nSPS) is 10.2. The fourth-order valence-electron chi connectivity index (χ4n) is 1.95. The molecule has 0 saturated heterocycles. The summed E-state index contributed by atoms with van der Waals surface area (Å²) in [6.07, 6.45) is 3.11. The van der Waals surface area contributed by atoms with Crippen LogP contribution >= 0.6 is 0 Å². The smallest absolute Gasteiger partial charge is 0.191 e. The van der Waals surface area contributed by atoms with Crippen molar-refractivity contribution in [1.82, 2.24) is 10.6 Å². The Kier molecular flexibility index (Phi) is 10.2. The Hall–Kier alpha value is -1.55. The minimum absolute atomic E-state index is 0.799. The second-order valence-electron chi connectivity index (χ2n) is 4.85. The van der Waals surface area contributed by atoms with E-state index in [1.54, 1.807) is 0 Å². The fraction of sp³-hybridized carbons (Fsp3) is 0.588. The Labute approximate surface area is 129 Å². The first-order valence-corrected chi connectivity index (χ1v) is 8.00. The Balaban J connectivity index is 2.00. The second-order valence-corrected chi connectivity index (χ2v) is 4.85. The van der Waals surface area contributed by atoms with Crippen LogP contribution in [0, 0.1) is 0 Å². The van der Waals surface area contributed by atoms with Crippen molar-refractivity contribution >= 4 is 5.96 Å². The van der Waals surface area contributed by atoms with Crippen LogP contribution < -0.4 is 10.6 Å². The number of nitrogens with zero attached hydrogens (tertiary/aromatic N) is 1. The molecule has 118 valence electrons. The summed E-state index contributed by atoms with van der Waals surface area (Å²) in [6.45, 7) is 8.41. The van der Waals surface area contributed by atoms with Crippen LogP contribution in [0.1, 0.15) is 32.3 Å². The maximum Gasteiger partial charge on any atom is 0.191 e. The zero-order valence-electron chi connectivity index (χ0n) is 13.4. The van der Waals surface area contributed by atoms with E-state index in [9.17, 15) is 0 Å². The molecule has 0 spiro atoms. The van der Waals surface area contributed by atoms with Crippen LogP contribution in [-0.2, 0) is 11.2 Å². The molecule has 0 bridgehead atoms. The van der Waals surface area contributed by atoms with E-state index in [-0.39, 0.29) is 0 Å². The van der Waals surface area contributed by atoms with Gasteiger partial charge in [-0.1, -0.05) is 30.3 Å². The van der Waals surface area contributed by atoms with Crippen LogP contribution in [0.3, 0.4) is 0 Å². The summed E-state index contributed by atoms with van der Waals surface area (Å²) in [7, 11) is 0. The van der Waals surface area contributed by atoms with Gasteiger partial charge in [-0.3, -0.25) is 4.99 Å². The number of ether oxygens (including phenoxy) is 1. The number of rotatable bonds is 10. The van der Waals surface area contributed by atoms with Crippen LogP contribution in [0.15, 0.2) is 35.3 Å². The zero-order valence-corrected chi connectivity index (χ0v) is 13.4. The van der Waals surface area contributed by atoms with Crippen LogP contribution in [0.4, 0.5) is 0 Å². The first kappa shape index (κ1) is 17.5. The number of hydrogen-bond donors (Lipinski definition) is 2. The Morgan fingerprint density at radius 1 is 1.00 bits per heavy atom. The van der Waals surface area contributed by atoms with E-state index in [2.05, 4.69) is 53.7 Å². The quantitative estimate of drug-likeness (QED) is 0.396. The third-order valence-corrected chi connectivity index (χ3v) is 3.03. The maximum absolute atomic E-state index is 5.66. The van der Waals surface area contributed by atoms with Crippen LogP contribution in [0.2, 0.25) is 0 Å². The number of aliphatic imine (C=N–C) groups is 1. The van der Waals surface area contributed by atoms with Crippen LogP contribution in [-0.4, -0.2) is 38.8 Å². The van der Waals surface area contributed by atoms with Gasteiger partial charge in [0.05, 0.1) is 6.61 Å². The van der Waals surface area contributed by atoms with Crippen molar-refractivity contribution in [1.29, 1.82) is 0 Å². The third kappa shape index (κ3) is 9.08. The Morgan fingerprint density at radius 3 is 2.38 bits per heavy atom. The molecule has 1 aromatic rings. The lowest BCUT2D eigenvalue weighted by atomic mass is 10.2. The molecular weight excluding hydrogens is 262 g/mol. The molecule has 1 rings (SSSR count). The summed E-state index contributed by atoms with van der Waals surface area (Å²) in [6, 6.07) is 10.5. The highest BCUT2D eigenvalue weighted by atomic mass is 16.5. The van der Waals surface area contributed by atoms with Gasteiger partial charge in [0, 0.05) is 26.2 Å². The molecule has 0 heterocycles. The first-order chi connectivity index (χ1) is 10.4. The van der Waals surface area contributed by atoms with Gasteiger partial charge >= 0.3 is 0 Å². The molecule has 0 aromatic heterocycles. The SMILES string of the molecule is CCNC(=NCCCCOCCc1ccccc1)NCC. The summed E-state index contributed by atoms with van der Waals surface area (Å²) in [5.74, 6) is 0.907. The third-order valence-electron chi connectivity index (χ3n) is 3.03. The molecule has 0 aliphatic heterocycles. The number of guanidine groups is 1. The molecule has 0 aliphatic carbocycles. The molecule has 4 nitrogen and oxygen atoms in total. The summed E-state index contributed by atoms with van der Waals surface area (Å²) in [5.41, 5.74) is 1.34. The highest BCUT2D eigenvalue weighted by Gasteiger charge is 1.95. The molecule has 0 fully saturated rings. The largest absolute Gasteiger partial charge is 0.381 e. The Bertz CT molecular complexity index is 371. The summed E-state index contributed by atoms with van der Waals surface area (Å²) >= 11 is 0. The van der Waals surface area contributed by atoms with Gasteiger partial charge in [0.25, 0.3) is 0 Å². The lowest BCUT2D eigenvalue weighted by molar-refractivity contribution is 0.134. The van der Waals surface area contributed by atoms with Crippen molar-refractivity contribution < 1.29 is 4.74 Å². The summed E-state index contributed by atoms with van der Waals surface area (Å²) in [5, 5.41) is 6.44. The summed E-state index contributed by atoms with van der Waals surface area (Å²) < 4.78 is 5.66. The molecule has 0 atom stereocenters. The van der Waals surface area contributed by atoms with Crippen molar-refractivity contribution in [3.63, 3.8) is 0 Å². The zero-order chi connectivity index (χ0) is 15.2. The standard InChI is InChI=1S/C17H29N3O/c1-3-18-17(19-4-2)20-13-8-9-14-21-15-12-16-10-6-5-7-11-16/h5-7,10-11H,3-4,8-9,12-15H2,1-2H3,(H2,18,19,20). The predicted molar refractivity (Wildman–Crippen MR) is 89.9 cm³/mol. The van der Waals surface area contributed by atoms with Gasteiger partial charge < -0.3 is 15.4 Å². The molecule has 0 amide bonds. The van der Waals surface area contributed by atoms with Crippen LogP contribution in [0.5, 0.6) is 0 Å². The average molecular weight is 291 g/mol.